The maximum Gasteiger partial charge on any atom is -0.00299 e. The molecule has 19 heavy (non-hydrogen) atoms. The van der Waals surface area contributed by atoms with Crippen molar-refractivity contribution in [3.05, 3.63) is 24.5 Å². The number of allylic oxidation sites excluding steroid dienone is 1. The quantitative estimate of drug-likeness (QED) is 0.592. The van der Waals surface area contributed by atoms with E-state index in [1.807, 2.05) is 5.92 Å². The van der Waals surface area contributed by atoms with Crippen LogP contribution in [0, 0.1) is 29.6 Å². The van der Waals surface area contributed by atoms with Crippen LogP contribution in [-0.4, -0.2) is 0 Å². The van der Waals surface area contributed by atoms with Gasteiger partial charge in [-0.25, -0.2) is 0 Å². The molecule has 3 aliphatic carbocycles. The van der Waals surface area contributed by atoms with Gasteiger partial charge in [-0.2, -0.15) is 0 Å². The minimum atomic E-state index is 0.966. The molecule has 2 radical (unpaired) electrons. The molecule has 3 saturated carbocycles. The summed E-state index contributed by atoms with van der Waals surface area (Å²) in [6.45, 7) is 3.93. The second-order valence-electron chi connectivity index (χ2n) is 7.18. The molecular weight excluding hydrogens is 228 g/mol. The molecule has 0 aromatic rings. The summed E-state index contributed by atoms with van der Waals surface area (Å²) in [6, 6.07) is 0. The third-order valence-electron chi connectivity index (χ3n) is 6.23. The van der Waals surface area contributed by atoms with Gasteiger partial charge < -0.3 is 0 Å². The maximum absolute atomic E-state index is 3.93. The first-order valence-corrected chi connectivity index (χ1v) is 8.68. The lowest BCUT2D eigenvalue weighted by Crippen LogP contribution is -2.25. The van der Waals surface area contributed by atoms with Gasteiger partial charge in [0.2, 0.25) is 0 Å². The highest BCUT2D eigenvalue weighted by Crippen LogP contribution is 2.46. The topological polar surface area (TPSA) is 0 Å². The molecular formula is C19H30. The fourth-order valence-electron chi connectivity index (χ4n) is 4.92. The average Bonchev–Trinajstić information content (AvgIpc) is 3.02. The molecule has 3 rings (SSSR count). The molecule has 0 bridgehead atoms. The first kappa shape index (κ1) is 13.7. The molecule has 0 aromatic carbocycles. The van der Waals surface area contributed by atoms with Gasteiger partial charge in [-0.3, -0.25) is 0 Å². The van der Waals surface area contributed by atoms with Crippen molar-refractivity contribution >= 4 is 0 Å². The Kier molecular flexibility index (Phi) is 4.66. The monoisotopic (exact) mass is 258 g/mol. The Morgan fingerprint density at radius 3 is 1.89 bits per heavy atom. The fraction of sp³-hybridized carbons (Fsp3) is 0.789. The Morgan fingerprint density at radius 2 is 1.32 bits per heavy atom. The highest BCUT2D eigenvalue weighted by atomic mass is 14.4. The molecule has 0 saturated heterocycles. The SMILES string of the molecule is C=C[C]1CCC([C]2CCC(C3CCCC3)CC2)CC1. The van der Waals surface area contributed by atoms with E-state index in [0.29, 0.717) is 0 Å². The molecule has 3 fully saturated rings. The second-order valence-corrected chi connectivity index (χ2v) is 7.18. The van der Waals surface area contributed by atoms with Crippen molar-refractivity contribution in [2.75, 3.05) is 0 Å². The van der Waals surface area contributed by atoms with Crippen LogP contribution < -0.4 is 0 Å². The number of rotatable bonds is 3. The summed E-state index contributed by atoms with van der Waals surface area (Å²) in [5.74, 6) is 6.71. The molecule has 0 N–H and O–H groups in total. The molecule has 0 aliphatic heterocycles. The highest BCUT2D eigenvalue weighted by Gasteiger charge is 2.33. The van der Waals surface area contributed by atoms with Gasteiger partial charge in [-0.1, -0.05) is 31.8 Å². The van der Waals surface area contributed by atoms with E-state index in [2.05, 4.69) is 12.7 Å². The zero-order valence-corrected chi connectivity index (χ0v) is 12.5. The van der Waals surface area contributed by atoms with Crippen molar-refractivity contribution in [3.8, 4) is 0 Å². The van der Waals surface area contributed by atoms with Gasteiger partial charge in [0.15, 0.2) is 0 Å². The summed E-state index contributed by atoms with van der Waals surface area (Å²) in [4.78, 5) is 0. The molecule has 0 unspecified atom stereocenters. The van der Waals surface area contributed by atoms with Crippen molar-refractivity contribution in [1.29, 1.82) is 0 Å². The number of hydrogen-bond acceptors (Lipinski definition) is 0. The minimum absolute atomic E-state index is 0.966. The molecule has 0 amide bonds. The summed E-state index contributed by atoms with van der Waals surface area (Å²) < 4.78 is 0. The van der Waals surface area contributed by atoms with Crippen molar-refractivity contribution in [3.63, 3.8) is 0 Å². The van der Waals surface area contributed by atoms with Crippen LogP contribution >= 0.6 is 0 Å². The average molecular weight is 258 g/mol. The Bertz CT molecular complexity index is 270. The Labute approximate surface area is 120 Å². The Morgan fingerprint density at radius 1 is 0.737 bits per heavy atom. The molecule has 0 aromatic heterocycles. The van der Waals surface area contributed by atoms with Gasteiger partial charge in [0, 0.05) is 0 Å². The summed E-state index contributed by atoms with van der Waals surface area (Å²) in [7, 11) is 0. The lowest BCUT2D eigenvalue weighted by molar-refractivity contribution is 0.233. The van der Waals surface area contributed by atoms with Crippen LogP contribution in [0.15, 0.2) is 12.7 Å². The summed E-state index contributed by atoms with van der Waals surface area (Å²) in [5, 5.41) is 0. The highest BCUT2D eigenvalue weighted by molar-refractivity contribution is 5.12. The maximum atomic E-state index is 3.93. The van der Waals surface area contributed by atoms with E-state index in [-0.39, 0.29) is 0 Å². The van der Waals surface area contributed by atoms with Gasteiger partial charge in [-0.05, 0) is 81.0 Å². The van der Waals surface area contributed by atoms with Crippen molar-refractivity contribution in [1.82, 2.24) is 0 Å². The zero-order chi connectivity index (χ0) is 13.1. The Balaban J connectivity index is 1.43. The molecule has 0 heterocycles. The molecule has 106 valence electrons. The van der Waals surface area contributed by atoms with Crippen molar-refractivity contribution in [2.45, 2.75) is 77.0 Å². The summed E-state index contributed by atoms with van der Waals surface area (Å²) in [5.41, 5.74) is 0. The first-order chi connectivity index (χ1) is 9.36. The van der Waals surface area contributed by atoms with Crippen LogP contribution in [-0.2, 0) is 0 Å². The molecule has 0 atom stereocenters. The van der Waals surface area contributed by atoms with Gasteiger partial charge in [-0.15, -0.1) is 6.58 Å². The van der Waals surface area contributed by atoms with E-state index in [1.165, 1.54) is 64.2 Å². The summed E-state index contributed by atoms with van der Waals surface area (Å²) in [6.07, 6.45) is 19.7. The smallest absolute Gasteiger partial charge is 0.00299 e. The lowest BCUT2D eigenvalue weighted by Gasteiger charge is -2.38. The van der Waals surface area contributed by atoms with Gasteiger partial charge in [0.25, 0.3) is 0 Å². The third kappa shape index (κ3) is 3.26. The number of hydrogen-bond donors (Lipinski definition) is 0. The van der Waals surface area contributed by atoms with Crippen LogP contribution in [0.1, 0.15) is 77.0 Å². The normalized spacial score (nSPS) is 29.9. The molecule has 0 heteroatoms. The molecule has 0 nitrogen and oxygen atoms in total. The predicted molar refractivity (Wildman–Crippen MR) is 82.6 cm³/mol. The largest absolute Gasteiger partial charge is 0.102 e. The molecule has 0 spiro atoms. The molecule has 3 aliphatic rings. The summed E-state index contributed by atoms with van der Waals surface area (Å²) >= 11 is 0. The van der Waals surface area contributed by atoms with Gasteiger partial charge in [0.1, 0.15) is 0 Å². The lowest BCUT2D eigenvalue weighted by atomic mass is 9.67. The second kappa shape index (κ2) is 6.46. The predicted octanol–water partition coefficient (Wildman–Crippen LogP) is 5.89. The fourth-order valence-corrected chi connectivity index (χ4v) is 4.92. The van der Waals surface area contributed by atoms with Crippen LogP contribution in [0.2, 0.25) is 0 Å². The van der Waals surface area contributed by atoms with E-state index >= 15 is 0 Å². The van der Waals surface area contributed by atoms with E-state index < -0.39 is 0 Å². The standard InChI is InChI=1S/C19H30/c1-2-15-7-9-17(10-8-15)19-13-11-18(12-14-19)16-5-3-4-6-16/h2,16-18H,1,3-14H2. The van der Waals surface area contributed by atoms with E-state index in [9.17, 15) is 0 Å². The van der Waals surface area contributed by atoms with E-state index in [4.69, 9.17) is 0 Å². The Hall–Kier alpha value is -0.260. The van der Waals surface area contributed by atoms with Crippen molar-refractivity contribution < 1.29 is 0 Å². The van der Waals surface area contributed by atoms with Gasteiger partial charge in [0.05, 0.1) is 0 Å². The van der Waals surface area contributed by atoms with Gasteiger partial charge >= 0.3 is 0 Å². The van der Waals surface area contributed by atoms with Crippen LogP contribution in [0.3, 0.4) is 0 Å². The van der Waals surface area contributed by atoms with Crippen LogP contribution in [0.5, 0.6) is 0 Å². The van der Waals surface area contributed by atoms with Crippen LogP contribution in [0.25, 0.3) is 0 Å². The van der Waals surface area contributed by atoms with Crippen molar-refractivity contribution in [2.24, 2.45) is 17.8 Å². The third-order valence-corrected chi connectivity index (χ3v) is 6.23. The first-order valence-electron chi connectivity index (χ1n) is 8.68. The van der Waals surface area contributed by atoms with E-state index in [0.717, 1.165) is 17.8 Å². The zero-order valence-electron chi connectivity index (χ0n) is 12.5. The van der Waals surface area contributed by atoms with E-state index in [1.54, 1.807) is 18.8 Å². The van der Waals surface area contributed by atoms with Crippen LogP contribution in [0.4, 0.5) is 0 Å². The minimum Gasteiger partial charge on any atom is -0.102 e.